The fourth-order valence-corrected chi connectivity index (χ4v) is 3.85. The number of carbonyl (C=O) groups excluding carboxylic acids is 1. The first-order valence-corrected chi connectivity index (χ1v) is 8.59. The Hall–Kier alpha value is -2.87. The van der Waals surface area contributed by atoms with Crippen molar-refractivity contribution in [1.29, 1.82) is 0 Å². The van der Waals surface area contributed by atoms with Gasteiger partial charge in [0, 0.05) is 6.20 Å². The molecule has 2 nitrogen and oxygen atoms in total. The molecule has 0 N–H and O–H groups in total. The molecule has 0 bridgehead atoms. The summed E-state index contributed by atoms with van der Waals surface area (Å²) in [6, 6.07) is 16.5. The van der Waals surface area contributed by atoms with Crippen molar-refractivity contribution in [1.82, 2.24) is 4.90 Å². The van der Waals surface area contributed by atoms with Crippen molar-refractivity contribution >= 4 is 17.1 Å². The standard InChI is InChI=1S/C23H21NO/c1-16-13-17(2)15-19(14-16)20-21(18-9-5-4-6-10-18)24-12-8-7-11-23(24,3)22(20)25/h4-15H,1-3H3. The van der Waals surface area contributed by atoms with Gasteiger partial charge in [0.1, 0.15) is 5.54 Å². The summed E-state index contributed by atoms with van der Waals surface area (Å²) in [7, 11) is 0. The molecule has 4 rings (SSSR count). The quantitative estimate of drug-likeness (QED) is 0.782. The molecule has 2 aromatic carbocycles. The normalized spacial score (nSPS) is 21.9. The van der Waals surface area contributed by atoms with E-state index < -0.39 is 5.54 Å². The molecule has 2 aliphatic rings. The second-order valence-corrected chi connectivity index (χ2v) is 7.01. The Morgan fingerprint density at radius 2 is 1.56 bits per heavy atom. The minimum atomic E-state index is -0.660. The molecule has 25 heavy (non-hydrogen) atoms. The van der Waals surface area contributed by atoms with E-state index in [-0.39, 0.29) is 5.78 Å². The van der Waals surface area contributed by atoms with Gasteiger partial charge in [-0.3, -0.25) is 4.79 Å². The van der Waals surface area contributed by atoms with Gasteiger partial charge in [0.15, 0.2) is 5.78 Å². The van der Waals surface area contributed by atoms with E-state index in [0.717, 1.165) is 22.4 Å². The van der Waals surface area contributed by atoms with Gasteiger partial charge in [-0.25, -0.2) is 0 Å². The van der Waals surface area contributed by atoms with Crippen molar-refractivity contribution in [3.8, 4) is 0 Å². The van der Waals surface area contributed by atoms with Crippen molar-refractivity contribution in [2.45, 2.75) is 26.3 Å². The Balaban J connectivity index is 2.03. The first kappa shape index (κ1) is 15.6. The summed E-state index contributed by atoms with van der Waals surface area (Å²) in [5.74, 6) is 0.150. The number of hydrogen-bond acceptors (Lipinski definition) is 2. The average molecular weight is 327 g/mol. The van der Waals surface area contributed by atoms with Crippen LogP contribution < -0.4 is 0 Å². The number of fused-ring (bicyclic) bond motifs is 1. The summed E-state index contributed by atoms with van der Waals surface area (Å²) in [4.78, 5) is 15.6. The van der Waals surface area contributed by atoms with E-state index in [9.17, 15) is 4.79 Å². The largest absolute Gasteiger partial charge is 0.330 e. The molecule has 2 heteroatoms. The molecule has 2 aliphatic heterocycles. The highest BCUT2D eigenvalue weighted by molar-refractivity contribution is 6.35. The van der Waals surface area contributed by atoms with Crippen LogP contribution in [0.25, 0.3) is 11.3 Å². The van der Waals surface area contributed by atoms with Crippen LogP contribution in [-0.2, 0) is 4.79 Å². The van der Waals surface area contributed by atoms with Gasteiger partial charge >= 0.3 is 0 Å². The Morgan fingerprint density at radius 1 is 0.880 bits per heavy atom. The van der Waals surface area contributed by atoms with Crippen molar-refractivity contribution in [3.63, 3.8) is 0 Å². The molecular weight excluding hydrogens is 306 g/mol. The summed E-state index contributed by atoms with van der Waals surface area (Å²) in [6.07, 6.45) is 7.95. The predicted molar refractivity (Wildman–Crippen MR) is 103 cm³/mol. The number of hydrogen-bond donors (Lipinski definition) is 0. The molecule has 2 heterocycles. The second kappa shape index (κ2) is 5.59. The van der Waals surface area contributed by atoms with Crippen LogP contribution in [0.3, 0.4) is 0 Å². The summed E-state index contributed by atoms with van der Waals surface area (Å²) in [6.45, 7) is 6.15. The van der Waals surface area contributed by atoms with Crippen LogP contribution in [0, 0.1) is 13.8 Å². The molecule has 124 valence electrons. The van der Waals surface area contributed by atoms with Crippen LogP contribution in [0.2, 0.25) is 0 Å². The lowest BCUT2D eigenvalue weighted by molar-refractivity contribution is -0.118. The van der Waals surface area contributed by atoms with Gasteiger partial charge in [0.25, 0.3) is 0 Å². The maximum Gasteiger partial charge on any atom is 0.195 e. The number of aryl methyl sites for hydroxylation is 2. The maximum atomic E-state index is 13.5. The van der Waals surface area contributed by atoms with Crippen molar-refractivity contribution in [2.24, 2.45) is 0 Å². The van der Waals surface area contributed by atoms with Crippen LogP contribution >= 0.6 is 0 Å². The summed E-state index contributed by atoms with van der Waals surface area (Å²) in [5.41, 5.74) is 5.53. The van der Waals surface area contributed by atoms with E-state index in [0.29, 0.717) is 0 Å². The smallest absolute Gasteiger partial charge is 0.195 e. The molecule has 0 saturated heterocycles. The minimum absolute atomic E-state index is 0.150. The van der Waals surface area contributed by atoms with Gasteiger partial charge in [-0.15, -0.1) is 0 Å². The summed E-state index contributed by atoms with van der Waals surface area (Å²) < 4.78 is 0. The van der Waals surface area contributed by atoms with Crippen LogP contribution in [0.4, 0.5) is 0 Å². The third kappa shape index (κ3) is 2.37. The predicted octanol–water partition coefficient (Wildman–Crippen LogP) is 4.90. The lowest BCUT2D eigenvalue weighted by Gasteiger charge is -2.34. The van der Waals surface area contributed by atoms with Crippen molar-refractivity contribution in [2.75, 3.05) is 0 Å². The number of rotatable bonds is 2. The number of carbonyl (C=O) groups is 1. The maximum absolute atomic E-state index is 13.5. The van der Waals surface area contributed by atoms with E-state index in [1.165, 1.54) is 11.1 Å². The highest BCUT2D eigenvalue weighted by atomic mass is 16.1. The molecule has 0 radical (unpaired) electrons. The van der Waals surface area contributed by atoms with Crippen LogP contribution in [0.1, 0.15) is 29.2 Å². The highest BCUT2D eigenvalue weighted by Gasteiger charge is 2.48. The summed E-state index contributed by atoms with van der Waals surface area (Å²) in [5, 5.41) is 0. The fourth-order valence-electron chi connectivity index (χ4n) is 3.85. The molecule has 2 aromatic rings. The number of benzene rings is 2. The third-order valence-corrected chi connectivity index (χ3v) is 4.99. The van der Waals surface area contributed by atoms with Crippen molar-refractivity contribution in [3.05, 3.63) is 95.2 Å². The lowest BCUT2D eigenvalue weighted by atomic mass is 9.88. The SMILES string of the molecule is Cc1cc(C)cc(C2=C(c3ccccc3)N3C=CC=CC3(C)C2=O)c1. The first-order chi connectivity index (χ1) is 12.0. The van der Waals surface area contributed by atoms with E-state index in [2.05, 4.69) is 49.1 Å². The van der Waals surface area contributed by atoms with Gasteiger partial charge in [0.05, 0.1) is 11.3 Å². The van der Waals surface area contributed by atoms with Gasteiger partial charge in [-0.05, 0) is 38.0 Å². The Kier molecular flexibility index (Phi) is 3.50. The number of allylic oxidation sites excluding steroid dienone is 2. The van der Waals surface area contributed by atoms with Crippen LogP contribution in [0.15, 0.2) is 73.0 Å². The topological polar surface area (TPSA) is 20.3 Å². The van der Waals surface area contributed by atoms with E-state index in [4.69, 9.17) is 0 Å². The fraction of sp³-hybridized carbons (Fsp3) is 0.174. The number of Topliss-reactive ketones (excluding diaryl/α,β-unsaturated/α-hetero) is 1. The Bertz CT molecular complexity index is 929. The third-order valence-electron chi connectivity index (χ3n) is 4.99. The van der Waals surface area contributed by atoms with Gasteiger partial charge < -0.3 is 4.90 Å². The molecule has 0 amide bonds. The Morgan fingerprint density at radius 3 is 2.24 bits per heavy atom. The summed E-state index contributed by atoms with van der Waals surface area (Å²) >= 11 is 0. The highest BCUT2D eigenvalue weighted by Crippen LogP contribution is 2.46. The molecule has 1 atom stereocenters. The molecule has 1 unspecified atom stereocenters. The zero-order valence-electron chi connectivity index (χ0n) is 14.8. The second-order valence-electron chi connectivity index (χ2n) is 7.01. The molecule has 0 spiro atoms. The lowest BCUT2D eigenvalue weighted by Crippen LogP contribution is -2.43. The zero-order valence-corrected chi connectivity index (χ0v) is 14.8. The molecule has 0 saturated carbocycles. The first-order valence-electron chi connectivity index (χ1n) is 8.59. The minimum Gasteiger partial charge on any atom is -0.330 e. The van der Waals surface area contributed by atoms with E-state index >= 15 is 0 Å². The number of nitrogens with zero attached hydrogens (tertiary/aromatic N) is 1. The van der Waals surface area contributed by atoms with Crippen LogP contribution in [0.5, 0.6) is 0 Å². The van der Waals surface area contributed by atoms with Crippen molar-refractivity contribution < 1.29 is 4.79 Å². The average Bonchev–Trinajstić information content (AvgIpc) is 2.83. The number of ketones is 1. The molecular formula is C23H21NO. The van der Waals surface area contributed by atoms with E-state index in [1.807, 2.05) is 49.6 Å². The van der Waals surface area contributed by atoms with E-state index in [1.54, 1.807) is 0 Å². The molecule has 0 fully saturated rings. The molecule has 0 aromatic heterocycles. The monoisotopic (exact) mass is 327 g/mol. The van der Waals surface area contributed by atoms with Gasteiger partial charge in [-0.1, -0.05) is 71.8 Å². The van der Waals surface area contributed by atoms with Gasteiger partial charge in [-0.2, -0.15) is 0 Å². The Labute approximate surface area is 148 Å². The van der Waals surface area contributed by atoms with Crippen LogP contribution in [-0.4, -0.2) is 16.2 Å². The zero-order chi connectivity index (χ0) is 17.6. The van der Waals surface area contributed by atoms with Gasteiger partial charge in [0.2, 0.25) is 0 Å². The molecule has 0 aliphatic carbocycles.